The third kappa shape index (κ3) is 9.47. The standard InChI is InChI=1S/C18H29N/c1-2-3-4-5-6-7-8-9-13-16-19-17-18-14-11-10-12-15-18/h10-12,14-15,17H,2-9,13,16H2,1H3. The predicted molar refractivity (Wildman–Crippen MR) is 86.1 cm³/mol. The second-order valence-electron chi connectivity index (χ2n) is 5.27. The lowest BCUT2D eigenvalue weighted by Crippen LogP contribution is -1.86. The summed E-state index contributed by atoms with van der Waals surface area (Å²) in [5.74, 6) is 0. The van der Waals surface area contributed by atoms with Crippen LogP contribution in [0, 0.1) is 0 Å². The summed E-state index contributed by atoms with van der Waals surface area (Å²) in [6, 6.07) is 10.3. The molecule has 0 bridgehead atoms. The third-order valence-electron chi connectivity index (χ3n) is 3.43. The van der Waals surface area contributed by atoms with Gasteiger partial charge in [0, 0.05) is 12.8 Å². The minimum Gasteiger partial charge on any atom is -0.293 e. The molecule has 1 heteroatoms. The molecular formula is C18H29N. The van der Waals surface area contributed by atoms with E-state index in [2.05, 4.69) is 36.2 Å². The summed E-state index contributed by atoms with van der Waals surface area (Å²) in [5.41, 5.74) is 1.21. The molecule has 0 fully saturated rings. The topological polar surface area (TPSA) is 12.4 Å². The molecule has 0 atom stereocenters. The van der Waals surface area contributed by atoms with E-state index in [4.69, 9.17) is 0 Å². The van der Waals surface area contributed by atoms with Gasteiger partial charge < -0.3 is 0 Å². The lowest BCUT2D eigenvalue weighted by Gasteiger charge is -2.00. The van der Waals surface area contributed by atoms with Crippen molar-refractivity contribution in [1.82, 2.24) is 0 Å². The molecule has 0 aliphatic heterocycles. The summed E-state index contributed by atoms with van der Waals surface area (Å²) in [7, 11) is 0. The Kier molecular flexibility index (Phi) is 10.0. The first-order valence-electron chi connectivity index (χ1n) is 7.98. The van der Waals surface area contributed by atoms with Crippen LogP contribution in [0.5, 0.6) is 0 Å². The van der Waals surface area contributed by atoms with Crippen LogP contribution >= 0.6 is 0 Å². The fourth-order valence-electron chi connectivity index (χ4n) is 2.22. The Balaban J connectivity index is 1.87. The van der Waals surface area contributed by atoms with Crippen molar-refractivity contribution in [3.63, 3.8) is 0 Å². The Morgan fingerprint density at radius 3 is 2.00 bits per heavy atom. The van der Waals surface area contributed by atoms with Gasteiger partial charge in [0.15, 0.2) is 0 Å². The minimum absolute atomic E-state index is 0.977. The Hall–Kier alpha value is -1.11. The van der Waals surface area contributed by atoms with Gasteiger partial charge >= 0.3 is 0 Å². The van der Waals surface area contributed by atoms with Crippen molar-refractivity contribution in [3.05, 3.63) is 35.9 Å². The molecule has 0 aromatic heterocycles. The summed E-state index contributed by atoms with van der Waals surface area (Å²) < 4.78 is 0. The highest BCUT2D eigenvalue weighted by Gasteiger charge is 1.91. The molecule has 0 radical (unpaired) electrons. The van der Waals surface area contributed by atoms with E-state index < -0.39 is 0 Å². The highest BCUT2D eigenvalue weighted by atomic mass is 14.7. The smallest absolute Gasteiger partial charge is 0.0389 e. The van der Waals surface area contributed by atoms with Gasteiger partial charge in [0.05, 0.1) is 0 Å². The number of hydrogen-bond donors (Lipinski definition) is 0. The van der Waals surface area contributed by atoms with Crippen molar-refractivity contribution < 1.29 is 0 Å². The van der Waals surface area contributed by atoms with E-state index in [0.717, 1.165) is 6.54 Å². The molecule has 19 heavy (non-hydrogen) atoms. The summed E-state index contributed by atoms with van der Waals surface area (Å²) in [6.45, 7) is 3.25. The number of unbranched alkanes of at least 4 members (excludes halogenated alkanes) is 8. The Labute approximate surface area is 119 Å². The summed E-state index contributed by atoms with van der Waals surface area (Å²) in [4.78, 5) is 4.47. The van der Waals surface area contributed by atoms with Gasteiger partial charge in [-0.3, -0.25) is 4.99 Å². The van der Waals surface area contributed by atoms with Crippen molar-refractivity contribution in [2.75, 3.05) is 6.54 Å². The molecule has 106 valence electrons. The SMILES string of the molecule is CCCCCCCCCCCN=Cc1ccccc1. The van der Waals surface area contributed by atoms with Gasteiger partial charge in [0.25, 0.3) is 0 Å². The molecule has 1 rings (SSSR count). The van der Waals surface area contributed by atoms with E-state index >= 15 is 0 Å². The Morgan fingerprint density at radius 2 is 1.37 bits per heavy atom. The van der Waals surface area contributed by atoms with Gasteiger partial charge in [-0.15, -0.1) is 0 Å². The fourth-order valence-corrected chi connectivity index (χ4v) is 2.22. The second-order valence-corrected chi connectivity index (χ2v) is 5.27. The number of benzene rings is 1. The highest BCUT2D eigenvalue weighted by molar-refractivity contribution is 5.79. The van der Waals surface area contributed by atoms with Gasteiger partial charge in [-0.1, -0.05) is 88.6 Å². The van der Waals surface area contributed by atoms with Crippen LogP contribution in [0.2, 0.25) is 0 Å². The molecule has 0 unspecified atom stereocenters. The van der Waals surface area contributed by atoms with Crippen molar-refractivity contribution in [3.8, 4) is 0 Å². The maximum Gasteiger partial charge on any atom is 0.0389 e. The zero-order valence-corrected chi connectivity index (χ0v) is 12.5. The molecule has 0 saturated carbocycles. The van der Waals surface area contributed by atoms with Crippen LogP contribution in [0.4, 0.5) is 0 Å². The van der Waals surface area contributed by atoms with E-state index in [0.29, 0.717) is 0 Å². The normalized spacial score (nSPS) is 11.2. The molecular weight excluding hydrogens is 230 g/mol. The lowest BCUT2D eigenvalue weighted by atomic mass is 10.1. The van der Waals surface area contributed by atoms with Crippen LogP contribution in [0.25, 0.3) is 0 Å². The zero-order valence-electron chi connectivity index (χ0n) is 12.5. The molecule has 0 aliphatic carbocycles. The largest absolute Gasteiger partial charge is 0.293 e. The average Bonchev–Trinajstić information content (AvgIpc) is 2.46. The Bertz CT molecular complexity index is 316. The highest BCUT2D eigenvalue weighted by Crippen LogP contribution is 2.09. The average molecular weight is 259 g/mol. The van der Waals surface area contributed by atoms with E-state index in [1.807, 2.05) is 12.3 Å². The van der Waals surface area contributed by atoms with Crippen molar-refractivity contribution >= 4 is 6.21 Å². The first kappa shape index (κ1) is 15.9. The van der Waals surface area contributed by atoms with Gasteiger partial charge in [-0.25, -0.2) is 0 Å². The first-order valence-corrected chi connectivity index (χ1v) is 7.98. The Morgan fingerprint density at radius 1 is 0.789 bits per heavy atom. The lowest BCUT2D eigenvalue weighted by molar-refractivity contribution is 0.567. The first-order chi connectivity index (χ1) is 9.43. The molecule has 1 aromatic rings. The van der Waals surface area contributed by atoms with Gasteiger partial charge in [-0.2, -0.15) is 0 Å². The molecule has 0 aliphatic rings. The van der Waals surface area contributed by atoms with Crippen LogP contribution < -0.4 is 0 Å². The molecule has 0 N–H and O–H groups in total. The van der Waals surface area contributed by atoms with Crippen molar-refractivity contribution in [2.24, 2.45) is 4.99 Å². The van der Waals surface area contributed by atoms with Gasteiger partial charge in [0.1, 0.15) is 0 Å². The molecule has 1 aromatic carbocycles. The van der Waals surface area contributed by atoms with Crippen LogP contribution in [0.15, 0.2) is 35.3 Å². The van der Waals surface area contributed by atoms with Crippen LogP contribution in [0.1, 0.15) is 70.3 Å². The zero-order chi connectivity index (χ0) is 13.6. The molecule has 0 heterocycles. The van der Waals surface area contributed by atoms with E-state index in [-0.39, 0.29) is 0 Å². The number of hydrogen-bond acceptors (Lipinski definition) is 1. The van der Waals surface area contributed by atoms with Crippen molar-refractivity contribution in [2.45, 2.75) is 64.7 Å². The van der Waals surface area contributed by atoms with Crippen molar-refractivity contribution in [1.29, 1.82) is 0 Å². The summed E-state index contributed by atoms with van der Waals surface area (Å²) in [5, 5.41) is 0. The monoisotopic (exact) mass is 259 g/mol. The number of rotatable bonds is 11. The van der Waals surface area contributed by atoms with Crippen LogP contribution in [0.3, 0.4) is 0 Å². The van der Waals surface area contributed by atoms with E-state index in [9.17, 15) is 0 Å². The fraction of sp³-hybridized carbons (Fsp3) is 0.611. The van der Waals surface area contributed by atoms with Gasteiger partial charge in [-0.05, 0) is 12.0 Å². The van der Waals surface area contributed by atoms with Crippen LogP contribution in [-0.2, 0) is 0 Å². The quantitative estimate of drug-likeness (QED) is 0.360. The number of aliphatic imine (C=N–C) groups is 1. The predicted octanol–water partition coefficient (Wildman–Crippen LogP) is 5.64. The summed E-state index contributed by atoms with van der Waals surface area (Å²) in [6.07, 6.45) is 14.4. The van der Waals surface area contributed by atoms with Crippen LogP contribution in [-0.4, -0.2) is 12.8 Å². The molecule has 1 nitrogen and oxygen atoms in total. The third-order valence-corrected chi connectivity index (χ3v) is 3.43. The van der Waals surface area contributed by atoms with Gasteiger partial charge in [0.2, 0.25) is 0 Å². The molecule has 0 spiro atoms. The molecule has 0 amide bonds. The molecule has 0 saturated heterocycles. The summed E-state index contributed by atoms with van der Waals surface area (Å²) >= 11 is 0. The minimum atomic E-state index is 0.977. The van der Waals surface area contributed by atoms with E-state index in [1.54, 1.807) is 0 Å². The maximum atomic E-state index is 4.47. The second kappa shape index (κ2) is 12.0. The maximum absolute atomic E-state index is 4.47. The number of nitrogens with zero attached hydrogens (tertiary/aromatic N) is 1. The van der Waals surface area contributed by atoms with E-state index in [1.165, 1.54) is 63.4 Å².